The van der Waals surface area contributed by atoms with Crippen molar-refractivity contribution in [3.63, 3.8) is 0 Å². The number of ether oxygens (including phenoxy) is 1. The Bertz CT molecular complexity index is 567. The van der Waals surface area contributed by atoms with Crippen molar-refractivity contribution in [1.29, 1.82) is 0 Å². The van der Waals surface area contributed by atoms with E-state index in [4.69, 9.17) is 4.74 Å². The largest absolute Gasteiger partial charge is 0.493 e. The van der Waals surface area contributed by atoms with E-state index in [0.717, 1.165) is 51.3 Å². The fourth-order valence-electron chi connectivity index (χ4n) is 4.31. The average molecular weight is 346 g/mol. The molecule has 4 nitrogen and oxygen atoms in total. The van der Waals surface area contributed by atoms with Crippen LogP contribution in [0, 0.1) is 11.8 Å². The van der Waals surface area contributed by atoms with Gasteiger partial charge in [0.15, 0.2) is 0 Å². The highest BCUT2D eigenvalue weighted by molar-refractivity contribution is 5.79. The molecular weight excluding hydrogens is 312 g/mol. The predicted octanol–water partition coefficient (Wildman–Crippen LogP) is 2.14. The van der Waals surface area contributed by atoms with Crippen LogP contribution in [0.4, 0.5) is 0 Å². The SMILES string of the molecule is CCOc1ccccc1C[NH+]1CCC(C(=O)N2CCC[C@@H](C)C2)CC1. The molecule has 1 aromatic rings. The Balaban J connectivity index is 1.51. The first kappa shape index (κ1) is 18.2. The predicted molar refractivity (Wildman–Crippen MR) is 99.7 cm³/mol. The monoisotopic (exact) mass is 345 g/mol. The van der Waals surface area contributed by atoms with Crippen LogP contribution in [0.1, 0.15) is 45.1 Å². The summed E-state index contributed by atoms with van der Waals surface area (Å²) in [5.41, 5.74) is 1.29. The molecule has 4 heteroatoms. The molecular formula is C21H33N2O2+. The van der Waals surface area contributed by atoms with Gasteiger partial charge in [0.25, 0.3) is 0 Å². The number of likely N-dealkylation sites (tertiary alicyclic amines) is 2. The lowest BCUT2D eigenvalue weighted by Gasteiger charge is -2.36. The van der Waals surface area contributed by atoms with Gasteiger partial charge in [-0.25, -0.2) is 0 Å². The number of hydrogen-bond acceptors (Lipinski definition) is 2. The third kappa shape index (κ3) is 4.75. The number of quaternary nitrogens is 1. The van der Waals surface area contributed by atoms with Crippen molar-refractivity contribution in [3.8, 4) is 5.75 Å². The Morgan fingerprint density at radius 2 is 2.00 bits per heavy atom. The first-order chi connectivity index (χ1) is 12.2. The molecule has 1 N–H and O–H groups in total. The minimum absolute atomic E-state index is 0.246. The third-order valence-electron chi connectivity index (χ3n) is 5.72. The molecule has 1 atom stereocenters. The fourth-order valence-corrected chi connectivity index (χ4v) is 4.31. The molecule has 0 bridgehead atoms. The van der Waals surface area contributed by atoms with Crippen molar-refractivity contribution in [2.75, 3.05) is 32.8 Å². The summed E-state index contributed by atoms with van der Waals surface area (Å²) in [6.45, 7) is 10.1. The number of carbonyl (C=O) groups is 1. The lowest BCUT2D eigenvalue weighted by atomic mass is 9.92. The molecule has 138 valence electrons. The molecule has 0 saturated carbocycles. The first-order valence-electron chi connectivity index (χ1n) is 10.0. The van der Waals surface area contributed by atoms with Crippen LogP contribution >= 0.6 is 0 Å². The van der Waals surface area contributed by atoms with Gasteiger partial charge in [-0.05, 0) is 37.8 Å². The number of nitrogens with zero attached hydrogens (tertiary/aromatic N) is 1. The zero-order chi connectivity index (χ0) is 17.6. The summed E-state index contributed by atoms with van der Waals surface area (Å²) >= 11 is 0. The topological polar surface area (TPSA) is 34.0 Å². The molecule has 25 heavy (non-hydrogen) atoms. The summed E-state index contributed by atoms with van der Waals surface area (Å²) in [6, 6.07) is 8.36. The third-order valence-corrected chi connectivity index (χ3v) is 5.72. The lowest BCUT2D eigenvalue weighted by molar-refractivity contribution is -0.919. The van der Waals surface area contributed by atoms with Crippen molar-refractivity contribution in [3.05, 3.63) is 29.8 Å². The van der Waals surface area contributed by atoms with Gasteiger partial charge in [-0.1, -0.05) is 19.1 Å². The maximum Gasteiger partial charge on any atom is 0.226 e. The van der Waals surface area contributed by atoms with Gasteiger partial charge in [-0.15, -0.1) is 0 Å². The Labute approximate surface area is 152 Å². The molecule has 0 aromatic heterocycles. The maximum absolute atomic E-state index is 12.8. The van der Waals surface area contributed by atoms with Gasteiger partial charge in [0.1, 0.15) is 12.3 Å². The van der Waals surface area contributed by atoms with E-state index in [1.807, 2.05) is 13.0 Å². The molecule has 2 saturated heterocycles. The molecule has 2 heterocycles. The molecule has 3 rings (SSSR count). The molecule has 0 aliphatic carbocycles. The average Bonchev–Trinajstić information content (AvgIpc) is 2.64. The van der Waals surface area contributed by atoms with Crippen molar-refractivity contribution < 1.29 is 14.4 Å². The molecule has 2 fully saturated rings. The molecule has 0 unspecified atom stereocenters. The number of hydrogen-bond donors (Lipinski definition) is 1. The van der Waals surface area contributed by atoms with E-state index in [1.165, 1.54) is 18.4 Å². The fraction of sp³-hybridized carbons (Fsp3) is 0.667. The van der Waals surface area contributed by atoms with Crippen LogP contribution in [-0.4, -0.2) is 43.6 Å². The maximum atomic E-state index is 12.8. The van der Waals surface area contributed by atoms with Crippen molar-refractivity contribution in [2.24, 2.45) is 11.8 Å². The quantitative estimate of drug-likeness (QED) is 0.887. The van der Waals surface area contributed by atoms with Crippen LogP contribution in [0.15, 0.2) is 24.3 Å². The smallest absolute Gasteiger partial charge is 0.226 e. The Morgan fingerprint density at radius 1 is 1.24 bits per heavy atom. The van der Waals surface area contributed by atoms with Gasteiger partial charge in [-0.2, -0.15) is 0 Å². The van der Waals surface area contributed by atoms with E-state index in [1.54, 1.807) is 4.90 Å². The van der Waals surface area contributed by atoms with E-state index in [-0.39, 0.29) is 5.92 Å². The summed E-state index contributed by atoms with van der Waals surface area (Å²) in [5.74, 6) is 2.34. The molecule has 1 aromatic carbocycles. The number of nitrogens with one attached hydrogen (secondary N) is 1. The molecule has 0 spiro atoms. The van der Waals surface area contributed by atoms with E-state index in [2.05, 4.69) is 30.0 Å². The lowest BCUT2D eigenvalue weighted by Crippen LogP contribution is -3.11. The van der Waals surface area contributed by atoms with E-state index < -0.39 is 0 Å². The van der Waals surface area contributed by atoms with Crippen molar-refractivity contribution >= 4 is 5.91 Å². The molecule has 1 amide bonds. The molecule has 2 aliphatic heterocycles. The van der Waals surface area contributed by atoms with Crippen LogP contribution in [0.5, 0.6) is 5.75 Å². The van der Waals surface area contributed by atoms with Gasteiger partial charge in [-0.3, -0.25) is 4.79 Å². The second-order valence-corrected chi connectivity index (χ2v) is 7.77. The second kappa shape index (κ2) is 8.70. The number of benzene rings is 1. The van der Waals surface area contributed by atoms with Crippen molar-refractivity contribution in [2.45, 2.75) is 46.1 Å². The standard InChI is InChI=1S/C21H32N2O2/c1-3-25-20-9-5-4-8-19(20)16-22-13-10-18(11-14-22)21(24)23-12-6-7-17(2)15-23/h4-5,8-9,17-18H,3,6-7,10-16H2,1-2H3/p+1/t17-/m1/s1. The number of amides is 1. The summed E-state index contributed by atoms with van der Waals surface area (Å²) in [5, 5.41) is 0. The minimum atomic E-state index is 0.246. The van der Waals surface area contributed by atoms with Crippen LogP contribution in [0.25, 0.3) is 0 Å². The first-order valence-corrected chi connectivity index (χ1v) is 10.0. The van der Waals surface area contributed by atoms with Crippen LogP contribution in [-0.2, 0) is 11.3 Å². The van der Waals surface area contributed by atoms with Gasteiger partial charge < -0.3 is 14.5 Å². The summed E-state index contributed by atoms with van der Waals surface area (Å²) in [6.07, 6.45) is 4.49. The van der Waals surface area contributed by atoms with Gasteiger partial charge in [0.2, 0.25) is 5.91 Å². The van der Waals surface area contributed by atoms with Crippen LogP contribution < -0.4 is 9.64 Å². The zero-order valence-corrected chi connectivity index (χ0v) is 15.8. The van der Waals surface area contributed by atoms with E-state index in [9.17, 15) is 4.79 Å². The minimum Gasteiger partial charge on any atom is -0.493 e. The van der Waals surface area contributed by atoms with E-state index >= 15 is 0 Å². The Kier molecular flexibility index (Phi) is 6.35. The Morgan fingerprint density at radius 3 is 2.72 bits per heavy atom. The highest BCUT2D eigenvalue weighted by Crippen LogP contribution is 2.21. The number of carbonyl (C=O) groups excluding carboxylic acids is 1. The van der Waals surface area contributed by atoms with Crippen LogP contribution in [0.3, 0.4) is 0 Å². The normalized spacial score (nSPS) is 27.1. The number of rotatable bonds is 5. The summed E-state index contributed by atoms with van der Waals surface area (Å²) < 4.78 is 5.75. The van der Waals surface area contributed by atoms with Gasteiger partial charge >= 0.3 is 0 Å². The number of piperidine rings is 2. The zero-order valence-electron chi connectivity index (χ0n) is 15.8. The number of para-hydroxylation sites is 1. The highest BCUT2D eigenvalue weighted by atomic mass is 16.5. The van der Waals surface area contributed by atoms with Gasteiger partial charge in [0.05, 0.1) is 19.7 Å². The molecule has 2 aliphatic rings. The molecule has 0 radical (unpaired) electrons. The summed E-state index contributed by atoms with van der Waals surface area (Å²) in [4.78, 5) is 16.5. The van der Waals surface area contributed by atoms with Gasteiger partial charge in [0, 0.05) is 37.4 Å². The second-order valence-electron chi connectivity index (χ2n) is 7.77. The van der Waals surface area contributed by atoms with E-state index in [0.29, 0.717) is 18.4 Å². The van der Waals surface area contributed by atoms with Crippen molar-refractivity contribution in [1.82, 2.24) is 4.90 Å². The summed E-state index contributed by atoms with van der Waals surface area (Å²) in [7, 11) is 0. The van der Waals surface area contributed by atoms with Crippen LogP contribution in [0.2, 0.25) is 0 Å². The Hall–Kier alpha value is -1.55. The highest BCUT2D eigenvalue weighted by Gasteiger charge is 2.32.